The molecule has 8 heteroatoms. The number of hydrogen-bond donors (Lipinski definition) is 2. The number of likely N-dealkylation sites (N-methyl/N-ethyl adjacent to an activating group) is 1. The molecular formula is C17H20FN5O2. The van der Waals surface area contributed by atoms with Gasteiger partial charge in [-0.05, 0) is 30.3 Å². The molecule has 0 radical (unpaired) electrons. The molecule has 0 bridgehead atoms. The standard InChI is InChI=1S/C17H20FN5O2/c1-19-16(24)11-22-6-8-23(9-7-22)17(25)15-10-14(20-21-15)12-2-4-13(18)5-3-12/h2-5,10H,6-9,11H2,1H3,(H,19,24)(H,20,21). The summed E-state index contributed by atoms with van der Waals surface area (Å²) in [6, 6.07) is 7.63. The summed E-state index contributed by atoms with van der Waals surface area (Å²) in [5.41, 5.74) is 1.74. The summed E-state index contributed by atoms with van der Waals surface area (Å²) in [7, 11) is 1.61. The highest BCUT2D eigenvalue weighted by molar-refractivity contribution is 5.93. The molecular weight excluding hydrogens is 325 g/mol. The van der Waals surface area contributed by atoms with E-state index in [1.54, 1.807) is 30.1 Å². The number of piperazine rings is 1. The number of carbonyl (C=O) groups is 2. The van der Waals surface area contributed by atoms with E-state index in [4.69, 9.17) is 0 Å². The summed E-state index contributed by atoms with van der Waals surface area (Å²) in [4.78, 5) is 27.7. The van der Waals surface area contributed by atoms with Crippen molar-refractivity contribution < 1.29 is 14.0 Å². The van der Waals surface area contributed by atoms with Gasteiger partial charge in [-0.15, -0.1) is 0 Å². The zero-order valence-electron chi connectivity index (χ0n) is 14.0. The molecule has 132 valence electrons. The number of nitrogens with zero attached hydrogens (tertiary/aromatic N) is 3. The number of hydrogen-bond acceptors (Lipinski definition) is 4. The Morgan fingerprint density at radius 3 is 2.52 bits per heavy atom. The van der Waals surface area contributed by atoms with E-state index in [0.717, 1.165) is 5.56 Å². The summed E-state index contributed by atoms with van der Waals surface area (Å²) < 4.78 is 13.0. The normalized spacial score (nSPS) is 15.2. The molecule has 25 heavy (non-hydrogen) atoms. The first kappa shape index (κ1) is 17.1. The molecule has 1 fully saturated rings. The van der Waals surface area contributed by atoms with Gasteiger partial charge in [0.2, 0.25) is 5.91 Å². The quantitative estimate of drug-likeness (QED) is 0.856. The number of aromatic amines is 1. The molecule has 1 aliphatic rings. The second-order valence-electron chi connectivity index (χ2n) is 5.92. The van der Waals surface area contributed by atoms with Crippen molar-refractivity contribution in [2.45, 2.75) is 0 Å². The fourth-order valence-electron chi connectivity index (χ4n) is 2.76. The molecule has 2 aromatic rings. The van der Waals surface area contributed by atoms with Crippen LogP contribution >= 0.6 is 0 Å². The van der Waals surface area contributed by atoms with Crippen LogP contribution in [0.2, 0.25) is 0 Å². The van der Waals surface area contributed by atoms with Gasteiger partial charge in [-0.2, -0.15) is 5.10 Å². The molecule has 3 rings (SSSR count). The predicted molar refractivity (Wildman–Crippen MR) is 90.4 cm³/mol. The van der Waals surface area contributed by atoms with E-state index in [9.17, 15) is 14.0 Å². The lowest BCUT2D eigenvalue weighted by atomic mass is 10.1. The van der Waals surface area contributed by atoms with Gasteiger partial charge in [-0.1, -0.05) is 0 Å². The second-order valence-corrected chi connectivity index (χ2v) is 5.92. The van der Waals surface area contributed by atoms with Gasteiger partial charge < -0.3 is 10.2 Å². The van der Waals surface area contributed by atoms with Gasteiger partial charge in [0, 0.05) is 38.8 Å². The molecule has 1 aliphatic heterocycles. The van der Waals surface area contributed by atoms with Gasteiger partial charge in [0.1, 0.15) is 11.5 Å². The first-order valence-corrected chi connectivity index (χ1v) is 8.10. The van der Waals surface area contributed by atoms with E-state index in [-0.39, 0.29) is 17.6 Å². The predicted octanol–water partition coefficient (Wildman–Crippen LogP) is 0.720. The molecule has 1 aromatic heterocycles. The van der Waals surface area contributed by atoms with Crippen molar-refractivity contribution in [2.24, 2.45) is 0 Å². The SMILES string of the molecule is CNC(=O)CN1CCN(C(=O)c2cc(-c3ccc(F)cc3)n[nH]2)CC1. The molecule has 0 atom stereocenters. The molecule has 0 saturated carbocycles. The van der Waals surface area contributed by atoms with Crippen LogP contribution in [0.5, 0.6) is 0 Å². The summed E-state index contributed by atoms with van der Waals surface area (Å²) in [6.45, 7) is 2.76. The number of carbonyl (C=O) groups excluding carboxylic acids is 2. The minimum atomic E-state index is -0.315. The van der Waals surface area contributed by atoms with Crippen molar-refractivity contribution in [3.8, 4) is 11.3 Å². The van der Waals surface area contributed by atoms with Crippen LogP contribution in [0.25, 0.3) is 11.3 Å². The number of H-pyrrole nitrogens is 1. The summed E-state index contributed by atoms with van der Waals surface area (Å²) in [5.74, 6) is -0.469. The zero-order chi connectivity index (χ0) is 17.8. The second kappa shape index (κ2) is 7.43. The third-order valence-electron chi connectivity index (χ3n) is 4.25. The van der Waals surface area contributed by atoms with Gasteiger partial charge in [-0.25, -0.2) is 4.39 Å². The Hall–Kier alpha value is -2.74. The number of halogens is 1. The van der Waals surface area contributed by atoms with Crippen LogP contribution in [0, 0.1) is 5.82 Å². The highest BCUT2D eigenvalue weighted by Gasteiger charge is 2.24. The minimum absolute atomic E-state index is 0.0303. The van der Waals surface area contributed by atoms with Crippen LogP contribution < -0.4 is 5.32 Å². The highest BCUT2D eigenvalue weighted by Crippen LogP contribution is 2.19. The average molecular weight is 345 g/mol. The van der Waals surface area contributed by atoms with Gasteiger partial charge >= 0.3 is 0 Å². The Morgan fingerprint density at radius 1 is 1.20 bits per heavy atom. The number of nitrogens with one attached hydrogen (secondary N) is 2. The molecule has 2 heterocycles. The molecule has 1 saturated heterocycles. The van der Waals surface area contributed by atoms with Crippen LogP contribution in [0.15, 0.2) is 30.3 Å². The van der Waals surface area contributed by atoms with Crippen LogP contribution in [-0.2, 0) is 4.79 Å². The number of benzene rings is 1. The van der Waals surface area contributed by atoms with Crippen LogP contribution in [0.3, 0.4) is 0 Å². The van der Waals surface area contributed by atoms with Crippen molar-refractivity contribution in [1.29, 1.82) is 0 Å². The maximum Gasteiger partial charge on any atom is 0.271 e. The molecule has 2 N–H and O–H groups in total. The Balaban J connectivity index is 1.61. The van der Waals surface area contributed by atoms with E-state index in [1.165, 1.54) is 12.1 Å². The van der Waals surface area contributed by atoms with Gasteiger partial charge in [0.05, 0.1) is 12.2 Å². The molecule has 0 aliphatic carbocycles. The number of rotatable bonds is 4. The topological polar surface area (TPSA) is 81.3 Å². The van der Waals surface area contributed by atoms with Crippen molar-refractivity contribution >= 4 is 11.8 Å². The summed E-state index contributed by atoms with van der Waals surface area (Å²) in [6.07, 6.45) is 0. The van der Waals surface area contributed by atoms with E-state index in [0.29, 0.717) is 44.1 Å². The number of aromatic nitrogens is 2. The first-order valence-electron chi connectivity index (χ1n) is 8.10. The first-order chi connectivity index (χ1) is 12.1. The van der Waals surface area contributed by atoms with E-state index >= 15 is 0 Å². The molecule has 7 nitrogen and oxygen atoms in total. The fraction of sp³-hybridized carbons (Fsp3) is 0.353. The van der Waals surface area contributed by atoms with Crippen molar-refractivity contribution in [3.05, 3.63) is 41.8 Å². The molecule has 2 amide bonds. The fourth-order valence-corrected chi connectivity index (χ4v) is 2.76. The Morgan fingerprint density at radius 2 is 1.88 bits per heavy atom. The molecule has 1 aromatic carbocycles. The zero-order valence-corrected chi connectivity index (χ0v) is 14.0. The van der Waals surface area contributed by atoms with Crippen molar-refractivity contribution in [2.75, 3.05) is 39.8 Å². The van der Waals surface area contributed by atoms with E-state index in [2.05, 4.69) is 15.5 Å². The lowest BCUT2D eigenvalue weighted by molar-refractivity contribution is -0.122. The Kier molecular flexibility index (Phi) is 5.08. The van der Waals surface area contributed by atoms with E-state index < -0.39 is 0 Å². The lowest BCUT2D eigenvalue weighted by Crippen LogP contribution is -2.50. The van der Waals surface area contributed by atoms with Crippen LogP contribution in [0.4, 0.5) is 4.39 Å². The van der Waals surface area contributed by atoms with Crippen molar-refractivity contribution in [3.63, 3.8) is 0 Å². The highest BCUT2D eigenvalue weighted by atomic mass is 19.1. The largest absolute Gasteiger partial charge is 0.358 e. The third-order valence-corrected chi connectivity index (χ3v) is 4.25. The summed E-state index contributed by atoms with van der Waals surface area (Å²) in [5, 5.41) is 9.49. The Bertz CT molecular complexity index is 751. The smallest absolute Gasteiger partial charge is 0.271 e. The van der Waals surface area contributed by atoms with E-state index in [1.807, 2.05) is 4.90 Å². The Labute approximate surface area is 144 Å². The van der Waals surface area contributed by atoms with Crippen LogP contribution in [0.1, 0.15) is 10.5 Å². The third kappa shape index (κ3) is 4.03. The molecule has 0 spiro atoms. The molecule has 0 unspecified atom stereocenters. The minimum Gasteiger partial charge on any atom is -0.358 e. The lowest BCUT2D eigenvalue weighted by Gasteiger charge is -2.33. The summed E-state index contributed by atoms with van der Waals surface area (Å²) >= 11 is 0. The maximum atomic E-state index is 13.0. The van der Waals surface area contributed by atoms with Gasteiger partial charge in [0.15, 0.2) is 0 Å². The maximum absolute atomic E-state index is 13.0. The van der Waals surface area contributed by atoms with Gasteiger partial charge in [0.25, 0.3) is 5.91 Å². The number of amides is 2. The van der Waals surface area contributed by atoms with Crippen LogP contribution in [-0.4, -0.2) is 71.6 Å². The average Bonchev–Trinajstić information content (AvgIpc) is 3.12. The monoisotopic (exact) mass is 345 g/mol. The van der Waals surface area contributed by atoms with Crippen molar-refractivity contribution in [1.82, 2.24) is 25.3 Å². The van der Waals surface area contributed by atoms with Gasteiger partial charge in [-0.3, -0.25) is 19.6 Å².